The molecule has 0 unspecified atom stereocenters. The summed E-state index contributed by atoms with van der Waals surface area (Å²) in [5.74, 6) is 0. The lowest BCUT2D eigenvalue weighted by atomic mass is 9.68. The van der Waals surface area contributed by atoms with Crippen LogP contribution in [0.25, 0.3) is 79.0 Å². The van der Waals surface area contributed by atoms with Gasteiger partial charge in [-0.2, -0.15) is 0 Å². The first-order valence-corrected chi connectivity index (χ1v) is 19.5. The first-order chi connectivity index (χ1) is 25.8. The van der Waals surface area contributed by atoms with Gasteiger partial charge in [0, 0.05) is 56.8 Å². The van der Waals surface area contributed by atoms with E-state index in [0.717, 1.165) is 0 Å². The zero-order valence-electron chi connectivity index (χ0n) is 28.0. The van der Waals surface area contributed by atoms with Crippen LogP contribution in [0.1, 0.15) is 22.3 Å². The fourth-order valence-corrected chi connectivity index (χ4v) is 11.9. The number of aromatic nitrogens is 1. The molecule has 0 atom stereocenters. The van der Waals surface area contributed by atoms with Crippen LogP contribution >= 0.6 is 22.7 Å². The van der Waals surface area contributed by atoms with E-state index in [1.807, 2.05) is 22.7 Å². The van der Waals surface area contributed by atoms with Gasteiger partial charge in [0.05, 0.1) is 16.4 Å². The van der Waals surface area contributed by atoms with E-state index in [1.54, 1.807) is 0 Å². The van der Waals surface area contributed by atoms with Crippen molar-refractivity contribution in [2.45, 2.75) is 5.41 Å². The molecule has 3 aromatic heterocycles. The molecule has 0 fully saturated rings. The van der Waals surface area contributed by atoms with E-state index in [4.69, 9.17) is 0 Å². The van der Waals surface area contributed by atoms with Gasteiger partial charge in [-0.3, -0.25) is 0 Å². The van der Waals surface area contributed by atoms with Gasteiger partial charge >= 0.3 is 0 Å². The largest absolute Gasteiger partial charge is 0.309 e. The van der Waals surface area contributed by atoms with Crippen LogP contribution in [0.2, 0.25) is 0 Å². The molecule has 3 heteroatoms. The Morgan fingerprint density at radius 1 is 0.385 bits per heavy atom. The average molecular weight is 696 g/mol. The van der Waals surface area contributed by atoms with Crippen molar-refractivity contribution in [2.75, 3.05) is 0 Å². The van der Waals surface area contributed by atoms with Crippen LogP contribution in [0.4, 0.5) is 0 Å². The van der Waals surface area contributed by atoms with Crippen LogP contribution in [-0.4, -0.2) is 4.57 Å². The zero-order chi connectivity index (χ0) is 34.0. The summed E-state index contributed by atoms with van der Waals surface area (Å²) in [6, 6.07) is 65.6. The molecule has 1 nitrogen and oxygen atoms in total. The van der Waals surface area contributed by atoms with Crippen LogP contribution in [0.15, 0.2) is 176 Å². The molecule has 52 heavy (non-hydrogen) atoms. The Labute approximate surface area is 308 Å². The van der Waals surface area contributed by atoms with Gasteiger partial charge < -0.3 is 4.57 Å². The second-order valence-electron chi connectivity index (χ2n) is 14.0. The van der Waals surface area contributed by atoms with Gasteiger partial charge in [-0.05, 0) is 69.8 Å². The molecule has 3 heterocycles. The quantitative estimate of drug-likeness (QED) is 0.173. The Kier molecular flexibility index (Phi) is 5.80. The molecule has 0 aliphatic heterocycles. The lowest BCUT2D eigenvalue weighted by Gasteiger charge is -2.33. The SMILES string of the molecule is c1ccc(C2(c3ccccc3)c3ccccc3-c3cc(-n4c5ccc6c7ccccc7sc6c5c5c6sc7ccccc7c6ccc54)ccc32)cc1. The maximum atomic E-state index is 2.53. The molecule has 1 aliphatic rings. The van der Waals surface area contributed by atoms with E-state index in [1.165, 1.54) is 101 Å². The Bertz CT molecular complexity index is 3070. The van der Waals surface area contributed by atoms with Crippen LogP contribution in [-0.2, 0) is 5.41 Å². The minimum atomic E-state index is -0.416. The monoisotopic (exact) mass is 695 g/mol. The third kappa shape index (κ3) is 3.62. The van der Waals surface area contributed by atoms with Gasteiger partial charge in [-0.15, -0.1) is 22.7 Å². The minimum Gasteiger partial charge on any atom is -0.309 e. The molecule has 0 saturated carbocycles. The van der Waals surface area contributed by atoms with Crippen LogP contribution < -0.4 is 0 Å². The lowest BCUT2D eigenvalue weighted by Crippen LogP contribution is -2.28. The summed E-state index contributed by atoms with van der Waals surface area (Å²) < 4.78 is 7.94. The van der Waals surface area contributed by atoms with E-state index in [2.05, 4.69) is 180 Å². The second kappa shape index (κ2) is 10.5. The zero-order valence-corrected chi connectivity index (χ0v) is 29.6. The number of hydrogen-bond donors (Lipinski definition) is 0. The lowest BCUT2D eigenvalue weighted by molar-refractivity contribution is 0.768. The normalized spacial score (nSPS) is 13.5. The third-order valence-electron chi connectivity index (χ3n) is 11.5. The molecule has 0 bridgehead atoms. The first-order valence-electron chi connectivity index (χ1n) is 17.9. The van der Waals surface area contributed by atoms with Crippen molar-refractivity contribution in [3.05, 3.63) is 198 Å². The fraction of sp³-hybridized carbons (Fsp3) is 0.0204. The topological polar surface area (TPSA) is 4.93 Å². The molecule has 0 amide bonds. The summed E-state index contributed by atoms with van der Waals surface area (Å²) in [6.45, 7) is 0. The molecule has 1 aliphatic carbocycles. The highest BCUT2D eigenvalue weighted by molar-refractivity contribution is 7.28. The second-order valence-corrected chi connectivity index (χ2v) is 16.1. The molecule has 0 spiro atoms. The average Bonchev–Trinajstić information content (AvgIpc) is 3.95. The highest BCUT2D eigenvalue weighted by atomic mass is 32.1. The van der Waals surface area contributed by atoms with E-state index in [-0.39, 0.29) is 0 Å². The van der Waals surface area contributed by atoms with Gasteiger partial charge in [0.25, 0.3) is 0 Å². The minimum absolute atomic E-state index is 0.416. The van der Waals surface area contributed by atoms with Gasteiger partial charge in [-0.25, -0.2) is 0 Å². The summed E-state index contributed by atoms with van der Waals surface area (Å²) in [5, 5.41) is 8.05. The van der Waals surface area contributed by atoms with Crippen LogP contribution in [0.3, 0.4) is 0 Å². The van der Waals surface area contributed by atoms with Crippen molar-refractivity contribution in [3.8, 4) is 16.8 Å². The number of hydrogen-bond acceptors (Lipinski definition) is 2. The fourth-order valence-electron chi connectivity index (χ4n) is 9.40. The molecule has 0 radical (unpaired) electrons. The smallest absolute Gasteiger partial charge is 0.0713 e. The highest BCUT2D eigenvalue weighted by Gasteiger charge is 2.46. The predicted octanol–water partition coefficient (Wildman–Crippen LogP) is 13.9. The van der Waals surface area contributed by atoms with Gasteiger partial charge in [-0.1, -0.05) is 140 Å². The summed E-state index contributed by atoms with van der Waals surface area (Å²) in [5.41, 5.74) is 11.1. The van der Waals surface area contributed by atoms with Gasteiger partial charge in [0.2, 0.25) is 0 Å². The van der Waals surface area contributed by atoms with E-state index in [9.17, 15) is 0 Å². The standard InChI is InChI=1S/C49H29NS2/c1-3-13-30(14-4-1)49(31-15-5-2-6-16-31)39-20-10-7-17-33(39)38-29-32(23-26-40(38)49)50-41-27-24-36-34-18-8-11-21-43(34)51-47(36)45(41)46-42(50)28-25-37-35-19-9-12-22-44(35)52-48(37)46/h1-29H. The summed E-state index contributed by atoms with van der Waals surface area (Å²) in [6.07, 6.45) is 0. The molecule has 0 saturated heterocycles. The number of fused-ring (bicyclic) bond motifs is 14. The summed E-state index contributed by atoms with van der Waals surface area (Å²) >= 11 is 3.85. The van der Waals surface area contributed by atoms with Crippen molar-refractivity contribution in [1.82, 2.24) is 4.57 Å². The Morgan fingerprint density at radius 2 is 0.885 bits per heavy atom. The van der Waals surface area contributed by atoms with Crippen LogP contribution in [0.5, 0.6) is 0 Å². The van der Waals surface area contributed by atoms with Crippen molar-refractivity contribution in [3.63, 3.8) is 0 Å². The van der Waals surface area contributed by atoms with Crippen molar-refractivity contribution >= 4 is 84.8 Å². The Hall–Kier alpha value is -6.00. The molecular formula is C49H29NS2. The molecular weight excluding hydrogens is 667 g/mol. The van der Waals surface area contributed by atoms with Gasteiger partial charge in [0.15, 0.2) is 0 Å². The maximum Gasteiger partial charge on any atom is 0.0713 e. The van der Waals surface area contributed by atoms with E-state index >= 15 is 0 Å². The van der Waals surface area contributed by atoms with Gasteiger partial charge in [0.1, 0.15) is 0 Å². The molecule has 11 aromatic rings. The molecule has 0 N–H and O–H groups in total. The third-order valence-corrected chi connectivity index (χ3v) is 13.9. The Balaban J connectivity index is 1.21. The number of thiophene rings is 2. The van der Waals surface area contributed by atoms with Crippen LogP contribution in [0, 0.1) is 0 Å². The van der Waals surface area contributed by atoms with Crippen molar-refractivity contribution < 1.29 is 0 Å². The van der Waals surface area contributed by atoms with E-state index < -0.39 is 5.41 Å². The number of rotatable bonds is 3. The first kappa shape index (κ1) is 28.7. The maximum absolute atomic E-state index is 2.53. The van der Waals surface area contributed by atoms with Crippen molar-refractivity contribution in [2.24, 2.45) is 0 Å². The highest BCUT2D eigenvalue weighted by Crippen LogP contribution is 2.57. The molecule has 8 aromatic carbocycles. The number of nitrogens with zero attached hydrogens (tertiary/aromatic N) is 1. The number of benzene rings is 8. The summed E-state index contributed by atoms with van der Waals surface area (Å²) in [4.78, 5) is 0. The summed E-state index contributed by atoms with van der Waals surface area (Å²) in [7, 11) is 0. The molecule has 242 valence electrons. The van der Waals surface area contributed by atoms with Crippen molar-refractivity contribution in [1.29, 1.82) is 0 Å². The molecule has 12 rings (SSSR count). The Morgan fingerprint density at radius 3 is 1.48 bits per heavy atom. The predicted molar refractivity (Wildman–Crippen MR) is 224 cm³/mol. The van der Waals surface area contributed by atoms with E-state index in [0.29, 0.717) is 0 Å².